The number of aromatic nitrogens is 3. The van der Waals surface area contributed by atoms with Gasteiger partial charge in [-0.3, -0.25) is 9.48 Å². The van der Waals surface area contributed by atoms with Crippen LogP contribution in [-0.4, -0.2) is 51.0 Å². The fourth-order valence-electron chi connectivity index (χ4n) is 2.42. The van der Waals surface area contributed by atoms with Crippen molar-refractivity contribution < 1.29 is 14.3 Å². The predicted molar refractivity (Wildman–Crippen MR) is 70.6 cm³/mol. The van der Waals surface area contributed by atoms with Gasteiger partial charge in [-0.1, -0.05) is 5.21 Å². The molecule has 110 valence electrons. The normalized spacial score (nSPS) is 18.9. The minimum atomic E-state index is -0.424. The molecule has 1 aliphatic heterocycles. The number of ether oxygens (including phenoxy) is 1. The van der Waals surface area contributed by atoms with E-state index in [0.717, 1.165) is 12.8 Å². The first-order valence-electron chi connectivity index (χ1n) is 7.02. The summed E-state index contributed by atoms with van der Waals surface area (Å²) >= 11 is 0. The molecule has 20 heavy (non-hydrogen) atoms. The van der Waals surface area contributed by atoms with E-state index in [0.29, 0.717) is 32.5 Å². The molecular formula is C13H20N4O3. The van der Waals surface area contributed by atoms with Crippen LogP contribution in [0.15, 0.2) is 12.4 Å². The highest BCUT2D eigenvalue weighted by Gasteiger charge is 2.32. The monoisotopic (exact) mass is 280 g/mol. The van der Waals surface area contributed by atoms with Crippen molar-refractivity contribution in [3.8, 4) is 0 Å². The standard InChI is InChI=1S/C13H20N4O3/c1-2-20-13(19)11-5-3-4-8-17(11)12(18)6-9-16-10-7-14-15-16/h7,10-11H,2-6,8-9H2,1H3. The Balaban J connectivity index is 1.92. The second-order valence-electron chi connectivity index (χ2n) is 4.77. The van der Waals surface area contributed by atoms with E-state index in [9.17, 15) is 9.59 Å². The van der Waals surface area contributed by atoms with E-state index in [2.05, 4.69) is 10.3 Å². The molecule has 0 bridgehead atoms. The lowest BCUT2D eigenvalue weighted by molar-refractivity contribution is -0.156. The molecule has 1 atom stereocenters. The van der Waals surface area contributed by atoms with Gasteiger partial charge in [0.2, 0.25) is 5.91 Å². The molecule has 7 heteroatoms. The van der Waals surface area contributed by atoms with E-state index in [1.54, 1.807) is 28.9 Å². The minimum Gasteiger partial charge on any atom is -0.464 e. The second kappa shape index (κ2) is 7.02. The molecule has 0 radical (unpaired) electrons. The molecule has 0 aliphatic carbocycles. The topological polar surface area (TPSA) is 77.3 Å². The Morgan fingerprint density at radius 2 is 2.25 bits per heavy atom. The van der Waals surface area contributed by atoms with Crippen molar-refractivity contribution in [2.75, 3.05) is 13.2 Å². The Kier molecular flexibility index (Phi) is 5.09. The van der Waals surface area contributed by atoms with Crippen LogP contribution in [0.25, 0.3) is 0 Å². The fraction of sp³-hybridized carbons (Fsp3) is 0.692. The molecule has 2 rings (SSSR count). The number of hydrogen-bond acceptors (Lipinski definition) is 5. The molecule has 1 saturated heterocycles. The number of carbonyl (C=O) groups excluding carboxylic acids is 2. The first-order valence-corrected chi connectivity index (χ1v) is 7.02. The lowest BCUT2D eigenvalue weighted by atomic mass is 10.0. The first kappa shape index (κ1) is 14.5. The van der Waals surface area contributed by atoms with Crippen LogP contribution in [-0.2, 0) is 20.9 Å². The fourth-order valence-corrected chi connectivity index (χ4v) is 2.42. The Hall–Kier alpha value is -1.92. The molecule has 0 aromatic carbocycles. The molecule has 1 amide bonds. The van der Waals surface area contributed by atoms with E-state index in [1.165, 1.54) is 0 Å². The first-order chi connectivity index (χ1) is 9.72. The highest BCUT2D eigenvalue weighted by atomic mass is 16.5. The third kappa shape index (κ3) is 3.55. The van der Waals surface area contributed by atoms with E-state index >= 15 is 0 Å². The van der Waals surface area contributed by atoms with Gasteiger partial charge in [0.15, 0.2) is 0 Å². The molecule has 0 saturated carbocycles. The number of amides is 1. The number of carbonyl (C=O) groups is 2. The van der Waals surface area contributed by atoms with Crippen LogP contribution in [0.1, 0.15) is 32.6 Å². The summed E-state index contributed by atoms with van der Waals surface area (Å²) in [6, 6.07) is -0.424. The second-order valence-corrected chi connectivity index (χ2v) is 4.77. The van der Waals surface area contributed by atoms with Gasteiger partial charge in [0.25, 0.3) is 0 Å². The van der Waals surface area contributed by atoms with Crippen molar-refractivity contribution in [3.05, 3.63) is 12.4 Å². The third-order valence-corrected chi connectivity index (χ3v) is 3.41. The van der Waals surface area contributed by atoms with Gasteiger partial charge in [0.05, 0.1) is 19.3 Å². The third-order valence-electron chi connectivity index (χ3n) is 3.41. The van der Waals surface area contributed by atoms with Crippen molar-refractivity contribution in [2.24, 2.45) is 0 Å². The van der Waals surface area contributed by atoms with E-state index < -0.39 is 6.04 Å². The summed E-state index contributed by atoms with van der Waals surface area (Å²) in [5.74, 6) is -0.320. The molecule has 0 spiro atoms. The van der Waals surface area contributed by atoms with Gasteiger partial charge in [-0.15, -0.1) is 5.10 Å². The predicted octanol–water partition coefficient (Wildman–Crippen LogP) is 0.612. The number of nitrogens with zero attached hydrogens (tertiary/aromatic N) is 4. The molecule has 1 aromatic heterocycles. The van der Waals surface area contributed by atoms with Gasteiger partial charge < -0.3 is 9.64 Å². The van der Waals surface area contributed by atoms with Crippen molar-refractivity contribution in [1.29, 1.82) is 0 Å². The van der Waals surface area contributed by atoms with Gasteiger partial charge in [0.1, 0.15) is 6.04 Å². The SMILES string of the molecule is CCOC(=O)C1CCCCN1C(=O)CCn1ccnn1. The van der Waals surface area contributed by atoms with Crippen molar-refractivity contribution in [1.82, 2.24) is 19.9 Å². The molecule has 1 unspecified atom stereocenters. The molecule has 7 nitrogen and oxygen atoms in total. The Morgan fingerprint density at radius 1 is 1.40 bits per heavy atom. The summed E-state index contributed by atoms with van der Waals surface area (Å²) < 4.78 is 6.66. The minimum absolute atomic E-state index is 0.0294. The van der Waals surface area contributed by atoms with Crippen LogP contribution in [0.4, 0.5) is 0 Å². The largest absolute Gasteiger partial charge is 0.464 e. The summed E-state index contributed by atoms with van der Waals surface area (Å²) in [5, 5.41) is 7.52. The number of hydrogen-bond donors (Lipinski definition) is 0. The van der Waals surface area contributed by atoms with E-state index in [4.69, 9.17) is 4.74 Å². The molecule has 1 fully saturated rings. The quantitative estimate of drug-likeness (QED) is 0.739. The van der Waals surface area contributed by atoms with Crippen LogP contribution in [0.2, 0.25) is 0 Å². The van der Waals surface area contributed by atoms with Gasteiger partial charge >= 0.3 is 5.97 Å². The van der Waals surface area contributed by atoms with E-state index in [1.807, 2.05) is 0 Å². The van der Waals surface area contributed by atoms with Gasteiger partial charge in [-0.25, -0.2) is 4.79 Å². The van der Waals surface area contributed by atoms with Crippen molar-refractivity contribution >= 4 is 11.9 Å². The molecule has 2 heterocycles. The summed E-state index contributed by atoms with van der Waals surface area (Å²) in [6.07, 6.45) is 6.19. The van der Waals surface area contributed by atoms with Gasteiger partial charge in [-0.05, 0) is 26.2 Å². The number of rotatable bonds is 5. The smallest absolute Gasteiger partial charge is 0.328 e. The van der Waals surface area contributed by atoms with Crippen LogP contribution in [0.3, 0.4) is 0 Å². The lowest BCUT2D eigenvalue weighted by Crippen LogP contribution is -2.48. The molecule has 1 aliphatic rings. The van der Waals surface area contributed by atoms with Crippen LogP contribution < -0.4 is 0 Å². The zero-order valence-electron chi connectivity index (χ0n) is 11.7. The summed E-state index contributed by atoms with van der Waals surface area (Å²) in [5.41, 5.74) is 0. The maximum atomic E-state index is 12.3. The highest BCUT2D eigenvalue weighted by molar-refractivity contribution is 5.84. The van der Waals surface area contributed by atoms with Crippen LogP contribution >= 0.6 is 0 Å². The average molecular weight is 280 g/mol. The molecular weight excluding hydrogens is 260 g/mol. The highest BCUT2D eigenvalue weighted by Crippen LogP contribution is 2.19. The Labute approximate surface area is 117 Å². The summed E-state index contributed by atoms with van der Waals surface area (Å²) in [4.78, 5) is 25.8. The summed E-state index contributed by atoms with van der Waals surface area (Å²) in [6.45, 7) is 3.22. The number of esters is 1. The molecule has 0 N–H and O–H groups in total. The van der Waals surface area contributed by atoms with Crippen LogP contribution in [0.5, 0.6) is 0 Å². The maximum absolute atomic E-state index is 12.3. The summed E-state index contributed by atoms with van der Waals surface area (Å²) in [7, 11) is 0. The van der Waals surface area contributed by atoms with Crippen molar-refractivity contribution in [3.63, 3.8) is 0 Å². The van der Waals surface area contributed by atoms with Gasteiger partial charge in [-0.2, -0.15) is 0 Å². The number of piperidine rings is 1. The molecule has 1 aromatic rings. The van der Waals surface area contributed by atoms with Gasteiger partial charge in [0, 0.05) is 19.2 Å². The Bertz CT molecular complexity index is 446. The zero-order valence-corrected chi connectivity index (χ0v) is 11.7. The lowest BCUT2D eigenvalue weighted by Gasteiger charge is -2.34. The Morgan fingerprint density at radius 3 is 2.95 bits per heavy atom. The number of likely N-dealkylation sites (tertiary alicyclic amines) is 1. The average Bonchev–Trinajstić information content (AvgIpc) is 2.98. The van der Waals surface area contributed by atoms with Crippen LogP contribution in [0, 0.1) is 0 Å². The maximum Gasteiger partial charge on any atom is 0.328 e. The zero-order chi connectivity index (χ0) is 14.4. The van der Waals surface area contributed by atoms with E-state index in [-0.39, 0.29) is 11.9 Å². The number of aryl methyl sites for hydroxylation is 1. The van der Waals surface area contributed by atoms with Crippen molar-refractivity contribution in [2.45, 2.75) is 45.2 Å².